The van der Waals surface area contributed by atoms with Crippen molar-refractivity contribution in [2.24, 2.45) is 0 Å². The van der Waals surface area contributed by atoms with Crippen molar-refractivity contribution >= 4 is 27.5 Å². The van der Waals surface area contributed by atoms with Crippen molar-refractivity contribution in [1.82, 2.24) is 9.97 Å². The average Bonchev–Trinajstić information content (AvgIpc) is 2.42. The number of aromatic nitrogens is 2. The van der Waals surface area contributed by atoms with E-state index in [1.807, 2.05) is 32.9 Å². The molecular formula is C16H18BrClN2O. The highest BCUT2D eigenvalue weighted by molar-refractivity contribution is 9.10. The van der Waals surface area contributed by atoms with Gasteiger partial charge in [-0.1, -0.05) is 34.5 Å². The first-order chi connectivity index (χ1) is 9.92. The molecule has 0 fully saturated rings. The lowest BCUT2D eigenvalue weighted by Crippen LogP contribution is -2.01. The van der Waals surface area contributed by atoms with Crippen molar-refractivity contribution in [3.63, 3.8) is 0 Å². The van der Waals surface area contributed by atoms with Gasteiger partial charge in [-0.3, -0.25) is 0 Å². The molecule has 0 bridgehead atoms. The van der Waals surface area contributed by atoms with Crippen LogP contribution in [0.25, 0.3) is 0 Å². The van der Waals surface area contributed by atoms with Gasteiger partial charge in [0, 0.05) is 16.5 Å². The van der Waals surface area contributed by atoms with Crippen LogP contribution in [0.15, 0.2) is 16.6 Å². The molecule has 0 spiro atoms. The molecule has 0 amide bonds. The maximum atomic E-state index is 6.17. The topological polar surface area (TPSA) is 35.0 Å². The summed E-state index contributed by atoms with van der Waals surface area (Å²) in [6.45, 7) is 8.02. The zero-order chi connectivity index (χ0) is 15.6. The Morgan fingerprint density at radius 3 is 2.33 bits per heavy atom. The van der Waals surface area contributed by atoms with Crippen LogP contribution in [0.4, 0.5) is 0 Å². The Morgan fingerprint density at radius 1 is 1.14 bits per heavy atom. The molecule has 0 radical (unpaired) electrons. The first kappa shape index (κ1) is 16.2. The van der Waals surface area contributed by atoms with Gasteiger partial charge in [-0.05, 0) is 50.5 Å². The maximum Gasteiger partial charge on any atom is 0.226 e. The minimum absolute atomic E-state index is 0.453. The number of hydrogen-bond acceptors (Lipinski definition) is 3. The van der Waals surface area contributed by atoms with E-state index in [0.29, 0.717) is 16.9 Å². The molecule has 21 heavy (non-hydrogen) atoms. The van der Waals surface area contributed by atoms with E-state index in [1.165, 1.54) is 0 Å². The quantitative estimate of drug-likeness (QED) is 0.661. The van der Waals surface area contributed by atoms with Gasteiger partial charge in [0.1, 0.15) is 16.7 Å². The normalized spacial score (nSPS) is 10.8. The van der Waals surface area contributed by atoms with E-state index in [-0.39, 0.29) is 0 Å². The van der Waals surface area contributed by atoms with Crippen molar-refractivity contribution in [2.45, 2.75) is 40.5 Å². The van der Waals surface area contributed by atoms with Crippen LogP contribution >= 0.6 is 27.5 Å². The highest BCUT2D eigenvalue weighted by atomic mass is 79.9. The van der Waals surface area contributed by atoms with Crippen molar-refractivity contribution in [2.75, 3.05) is 0 Å². The van der Waals surface area contributed by atoms with Gasteiger partial charge in [0.25, 0.3) is 0 Å². The Labute approximate surface area is 138 Å². The van der Waals surface area contributed by atoms with Crippen molar-refractivity contribution in [3.05, 3.63) is 44.3 Å². The third-order valence-corrected chi connectivity index (χ3v) is 4.80. The fourth-order valence-corrected chi connectivity index (χ4v) is 2.43. The van der Waals surface area contributed by atoms with Crippen LogP contribution in [0.3, 0.4) is 0 Å². The molecule has 1 aromatic carbocycles. The molecule has 0 saturated heterocycles. The highest BCUT2D eigenvalue weighted by Crippen LogP contribution is 2.31. The number of aryl methyl sites for hydroxylation is 3. The molecule has 0 aliphatic carbocycles. The maximum absolute atomic E-state index is 6.17. The number of hydrogen-bond donors (Lipinski definition) is 0. The number of ether oxygens (including phenoxy) is 1. The van der Waals surface area contributed by atoms with Crippen molar-refractivity contribution in [3.8, 4) is 11.6 Å². The molecule has 0 unspecified atom stereocenters. The standard InChI is InChI=1S/C16H18BrClN2O/c1-5-6-13-19-15(18)11(4)16(20-13)21-12-7-9(2)14(17)10(3)8-12/h7-8H,5-6H2,1-4H3. The summed E-state index contributed by atoms with van der Waals surface area (Å²) in [5, 5.41) is 0.453. The third kappa shape index (κ3) is 3.74. The van der Waals surface area contributed by atoms with E-state index in [1.54, 1.807) is 0 Å². The van der Waals surface area contributed by atoms with Gasteiger partial charge in [0.2, 0.25) is 5.88 Å². The van der Waals surface area contributed by atoms with Gasteiger partial charge in [-0.2, -0.15) is 4.98 Å². The molecule has 0 aliphatic rings. The smallest absolute Gasteiger partial charge is 0.226 e. The van der Waals surface area contributed by atoms with Gasteiger partial charge in [0.15, 0.2) is 0 Å². The van der Waals surface area contributed by atoms with E-state index in [2.05, 4.69) is 32.8 Å². The zero-order valence-electron chi connectivity index (χ0n) is 12.6. The van der Waals surface area contributed by atoms with Crippen LogP contribution in [0.1, 0.15) is 35.9 Å². The van der Waals surface area contributed by atoms with Gasteiger partial charge < -0.3 is 4.74 Å². The molecule has 0 aliphatic heterocycles. The molecule has 0 N–H and O–H groups in total. The van der Waals surface area contributed by atoms with E-state index >= 15 is 0 Å². The number of nitrogens with zero attached hydrogens (tertiary/aromatic N) is 2. The molecular weight excluding hydrogens is 352 g/mol. The summed E-state index contributed by atoms with van der Waals surface area (Å²) < 4.78 is 7.03. The largest absolute Gasteiger partial charge is 0.439 e. The first-order valence-corrected chi connectivity index (χ1v) is 8.07. The Bertz CT molecular complexity index is 651. The molecule has 0 atom stereocenters. The number of benzene rings is 1. The molecule has 112 valence electrons. The van der Waals surface area contributed by atoms with E-state index in [9.17, 15) is 0 Å². The monoisotopic (exact) mass is 368 g/mol. The van der Waals surface area contributed by atoms with Crippen LogP contribution < -0.4 is 4.74 Å². The summed E-state index contributed by atoms with van der Waals surface area (Å²) >= 11 is 9.72. The Morgan fingerprint density at radius 2 is 1.76 bits per heavy atom. The summed E-state index contributed by atoms with van der Waals surface area (Å²) in [6.07, 6.45) is 1.75. The van der Waals surface area contributed by atoms with Crippen molar-refractivity contribution in [1.29, 1.82) is 0 Å². The van der Waals surface area contributed by atoms with Gasteiger partial charge in [0.05, 0.1) is 0 Å². The Hall–Kier alpha value is -1.13. The molecule has 5 heteroatoms. The highest BCUT2D eigenvalue weighted by Gasteiger charge is 2.12. The van der Waals surface area contributed by atoms with Crippen LogP contribution in [0, 0.1) is 20.8 Å². The summed E-state index contributed by atoms with van der Waals surface area (Å²) in [5.74, 6) is 2.00. The van der Waals surface area contributed by atoms with Crippen LogP contribution in [-0.4, -0.2) is 9.97 Å². The second kappa shape index (κ2) is 6.75. The van der Waals surface area contributed by atoms with E-state index in [4.69, 9.17) is 16.3 Å². The predicted octanol–water partition coefficient (Wildman–Crippen LogP) is 5.56. The molecule has 0 saturated carbocycles. The number of halogens is 2. The van der Waals surface area contributed by atoms with Gasteiger partial charge in [-0.25, -0.2) is 4.98 Å². The van der Waals surface area contributed by atoms with Crippen molar-refractivity contribution < 1.29 is 4.74 Å². The summed E-state index contributed by atoms with van der Waals surface area (Å²) in [5.41, 5.74) is 3.00. The summed E-state index contributed by atoms with van der Waals surface area (Å²) in [6, 6.07) is 3.96. The minimum Gasteiger partial charge on any atom is -0.439 e. The van der Waals surface area contributed by atoms with Crippen LogP contribution in [0.2, 0.25) is 5.15 Å². The lowest BCUT2D eigenvalue weighted by molar-refractivity contribution is 0.453. The summed E-state index contributed by atoms with van der Waals surface area (Å²) in [4.78, 5) is 8.75. The summed E-state index contributed by atoms with van der Waals surface area (Å²) in [7, 11) is 0. The third-order valence-electron chi connectivity index (χ3n) is 3.19. The predicted molar refractivity (Wildman–Crippen MR) is 89.5 cm³/mol. The molecule has 1 heterocycles. The SMILES string of the molecule is CCCc1nc(Cl)c(C)c(Oc2cc(C)c(Br)c(C)c2)n1. The second-order valence-electron chi connectivity index (χ2n) is 5.08. The molecule has 3 nitrogen and oxygen atoms in total. The fraction of sp³-hybridized carbons (Fsp3) is 0.375. The Balaban J connectivity index is 2.39. The average molecular weight is 370 g/mol. The lowest BCUT2D eigenvalue weighted by Gasteiger charge is -2.12. The Kier molecular flexibility index (Phi) is 5.22. The molecule has 1 aromatic heterocycles. The second-order valence-corrected chi connectivity index (χ2v) is 6.23. The van der Waals surface area contributed by atoms with Gasteiger partial charge in [-0.15, -0.1) is 0 Å². The van der Waals surface area contributed by atoms with Crippen LogP contribution in [0.5, 0.6) is 11.6 Å². The zero-order valence-corrected chi connectivity index (χ0v) is 15.0. The van der Waals surface area contributed by atoms with E-state index < -0.39 is 0 Å². The number of rotatable bonds is 4. The van der Waals surface area contributed by atoms with E-state index in [0.717, 1.165) is 39.8 Å². The molecule has 2 aromatic rings. The lowest BCUT2D eigenvalue weighted by atomic mass is 10.1. The minimum atomic E-state index is 0.453. The van der Waals surface area contributed by atoms with Gasteiger partial charge >= 0.3 is 0 Å². The molecule has 2 rings (SSSR count). The fourth-order valence-electron chi connectivity index (χ4n) is 2.02. The van der Waals surface area contributed by atoms with Crippen LogP contribution in [-0.2, 0) is 6.42 Å². The first-order valence-electron chi connectivity index (χ1n) is 6.90.